The number of ether oxygens (including phenoxy) is 1. The quantitative estimate of drug-likeness (QED) is 0.774. The number of nitrogens with one attached hydrogen (secondary N) is 1. The first kappa shape index (κ1) is 13.4. The standard InChI is InChI=1S/C17H17N3O/c1-2-18-17-10-13(7-9-20-17)12-21-15-6-5-14-4-3-8-19-16(14)11-15/h3-11H,2,12H2,1H3,(H,18,20). The van der Waals surface area contributed by atoms with Crippen molar-refractivity contribution in [2.24, 2.45) is 0 Å². The molecular weight excluding hydrogens is 262 g/mol. The second-order valence-corrected chi connectivity index (χ2v) is 4.73. The minimum absolute atomic E-state index is 0.513. The van der Waals surface area contributed by atoms with Gasteiger partial charge in [-0.3, -0.25) is 4.98 Å². The third-order valence-electron chi connectivity index (χ3n) is 3.17. The fourth-order valence-corrected chi connectivity index (χ4v) is 2.14. The molecule has 0 saturated carbocycles. The van der Waals surface area contributed by atoms with E-state index in [1.54, 1.807) is 12.4 Å². The molecule has 2 heterocycles. The minimum Gasteiger partial charge on any atom is -0.489 e. The monoisotopic (exact) mass is 279 g/mol. The average molecular weight is 279 g/mol. The molecule has 21 heavy (non-hydrogen) atoms. The van der Waals surface area contributed by atoms with Crippen LogP contribution < -0.4 is 10.1 Å². The van der Waals surface area contributed by atoms with Gasteiger partial charge in [0.2, 0.25) is 0 Å². The summed E-state index contributed by atoms with van der Waals surface area (Å²) in [6, 6.07) is 13.9. The molecule has 0 amide bonds. The summed E-state index contributed by atoms with van der Waals surface area (Å²) < 4.78 is 5.84. The van der Waals surface area contributed by atoms with E-state index in [1.165, 1.54) is 0 Å². The van der Waals surface area contributed by atoms with Gasteiger partial charge in [-0.1, -0.05) is 6.07 Å². The highest BCUT2D eigenvalue weighted by molar-refractivity contribution is 5.79. The highest BCUT2D eigenvalue weighted by Crippen LogP contribution is 2.20. The normalized spacial score (nSPS) is 10.5. The van der Waals surface area contributed by atoms with Crippen LogP contribution in [0.4, 0.5) is 5.82 Å². The third-order valence-corrected chi connectivity index (χ3v) is 3.17. The van der Waals surface area contributed by atoms with E-state index < -0.39 is 0 Å². The van der Waals surface area contributed by atoms with Crippen LogP contribution in [0.1, 0.15) is 12.5 Å². The van der Waals surface area contributed by atoms with Crippen LogP contribution in [0.25, 0.3) is 10.9 Å². The summed E-state index contributed by atoms with van der Waals surface area (Å²) in [5.41, 5.74) is 2.03. The van der Waals surface area contributed by atoms with Gasteiger partial charge < -0.3 is 10.1 Å². The first-order valence-electron chi connectivity index (χ1n) is 7.01. The summed E-state index contributed by atoms with van der Waals surface area (Å²) >= 11 is 0. The summed E-state index contributed by atoms with van der Waals surface area (Å²) in [6.45, 7) is 3.42. The second-order valence-electron chi connectivity index (χ2n) is 4.73. The average Bonchev–Trinajstić information content (AvgIpc) is 2.53. The smallest absolute Gasteiger partial charge is 0.126 e. The molecule has 0 aliphatic carbocycles. The lowest BCUT2D eigenvalue weighted by atomic mass is 10.2. The van der Waals surface area contributed by atoms with E-state index in [0.29, 0.717) is 6.61 Å². The molecule has 0 aliphatic heterocycles. The Balaban J connectivity index is 1.72. The summed E-state index contributed by atoms with van der Waals surface area (Å²) in [7, 11) is 0. The van der Waals surface area contributed by atoms with Gasteiger partial charge in [0.1, 0.15) is 18.2 Å². The molecule has 0 bridgehead atoms. The Bertz CT molecular complexity index is 743. The zero-order valence-electron chi connectivity index (χ0n) is 11.9. The number of pyridine rings is 2. The highest BCUT2D eigenvalue weighted by atomic mass is 16.5. The minimum atomic E-state index is 0.513. The topological polar surface area (TPSA) is 47.0 Å². The number of rotatable bonds is 5. The Morgan fingerprint density at radius 1 is 1.05 bits per heavy atom. The molecule has 0 radical (unpaired) electrons. The summed E-state index contributed by atoms with van der Waals surface area (Å²) in [5, 5.41) is 4.31. The molecule has 106 valence electrons. The van der Waals surface area contributed by atoms with E-state index in [1.807, 2.05) is 49.4 Å². The van der Waals surface area contributed by atoms with Gasteiger partial charge in [0.25, 0.3) is 0 Å². The van der Waals surface area contributed by atoms with Crippen molar-refractivity contribution in [3.63, 3.8) is 0 Å². The first-order valence-corrected chi connectivity index (χ1v) is 7.01. The fraction of sp³-hybridized carbons (Fsp3) is 0.176. The maximum absolute atomic E-state index is 5.84. The number of hydrogen-bond donors (Lipinski definition) is 1. The number of anilines is 1. The van der Waals surface area contributed by atoms with Crippen LogP contribution in [0, 0.1) is 0 Å². The molecule has 1 N–H and O–H groups in total. The summed E-state index contributed by atoms with van der Waals surface area (Å²) in [6.07, 6.45) is 3.58. The second kappa shape index (κ2) is 6.22. The number of nitrogens with zero attached hydrogens (tertiary/aromatic N) is 2. The fourth-order valence-electron chi connectivity index (χ4n) is 2.14. The largest absolute Gasteiger partial charge is 0.489 e. The molecule has 0 spiro atoms. The van der Waals surface area contributed by atoms with Gasteiger partial charge in [0.15, 0.2) is 0 Å². The third kappa shape index (κ3) is 3.28. The lowest BCUT2D eigenvalue weighted by Crippen LogP contribution is -2.01. The van der Waals surface area contributed by atoms with Crippen molar-refractivity contribution < 1.29 is 4.74 Å². The Labute approximate surface area is 123 Å². The van der Waals surface area contributed by atoms with E-state index in [4.69, 9.17) is 4.74 Å². The van der Waals surface area contributed by atoms with Crippen LogP contribution in [-0.2, 0) is 6.61 Å². The number of benzene rings is 1. The van der Waals surface area contributed by atoms with Crippen molar-refractivity contribution in [3.8, 4) is 5.75 Å². The Morgan fingerprint density at radius 2 is 2.00 bits per heavy atom. The van der Waals surface area contributed by atoms with E-state index in [9.17, 15) is 0 Å². The highest BCUT2D eigenvalue weighted by Gasteiger charge is 2.00. The van der Waals surface area contributed by atoms with Gasteiger partial charge in [-0.25, -0.2) is 4.98 Å². The summed E-state index contributed by atoms with van der Waals surface area (Å²) in [5.74, 6) is 1.70. The molecule has 0 saturated heterocycles. The molecule has 4 nitrogen and oxygen atoms in total. The van der Waals surface area contributed by atoms with E-state index >= 15 is 0 Å². The van der Waals surface area contributed by atoms with Crippen LogP contribution in [0.5, 0.6) is 5.75 Å². The maximum Gasteiger partial charge on any atom is 0.126 e. The van der Waals surface area contributed by atoms with Crippen LogP contribution in [-0.4, -0.2) is 16.5 Å². The van der Waals surface area contributed by atoms with E-state index in [0.717, 1.165) is 34.6 Å². The lowest BCUT2D eigenvalue weighted by Gasteiger charge is -2.08. The molecule has 4 heteroatoms. The van der Waals surface area contributed by atoms with Gasteiger partial charge >= 0.3 is 0 Å². The predicted octanol–water partition coefficient (Wildman–Crippen LogP) is 3.64. The molecule has 1 aromatic carbocycles. The SMILES string of the molecule is CCNc1cc(COc2ccc3cccnc3c2)ccn1. The number of hydrogen-bond acceptors (Lipinski definition) is 4. The van der Waals surface area contributed by atoms with Crippen LogP contribution in [0.2, 0.25) is 0 Å². The Hall–Kier alpha value is -2.62. The lowest BCUT2D eigenvalue weighted by molar-refractivity contribution is 0.306. The van der Waals surface area contributed by atoms with Crippen molar-refractivity contribution in [3.05, 3.63) is 60.4 Å². The van der Waals surface area contributed by atoms with Crippen LogP contribution in [0.3, 0.4) is 0 Å². The maximum atomic E-state index is 5.84. The van der Waals surface area contributed by atoms with Gasteiger partial charge in [0, 0.05) is 30.4 Å². The predicted molar refractivity (Wildman–Crippen MR) is 84.5 cm³/mol. The molecule has 0 aliphatic rings. The van der Waals surface area contributed by atoms with E-state index in [2.05, 4.69) is 15.3 Å². The molecule has 0 atom stereocenters. The van der Waals surface area contributed by atoms with Gasteiger partial charge in [-0.15, -0.1) is 0 Å². The van der Waals surface area contributed by atoms with Crippen molar-refractivity contribution in [2.45, 2.75) is 13.5 Å². The molecule has 2 aromatic heterocycles. The Kier molecular flexibility index (Phi) is 3.96. The van der Waals surface area contributed by atoms with E-state index in [-0.39, 0.29) is 0 Å². The Morgan fingerprint density at radius 3 is 2.90 bits per heavy atom. The number of aromatic nitrogens is 2. The number of fused-ring (bicyclic) bond motifs is 1. The van der Waals surface area contributed by atoms with Crippen molar-refractivity contribution >= 4 is 16.7 Å². The zero-order valence-corrected chi connectivity index (χ0v) is 11.9. The van der Waals surface area contributed by atoms with Gasteiger partial charge in [0.05, 0.1) is 5.52 Å². The molecule has 0 fully saturated rings. The van der Waals surface area contributed by atoms with Crippen LogP contribution in [0.15, 0.2) is 54.9 Å². The molecule has 0 unspecified atom stereocenters. The van der Waals surface area contributed by atoms with Gasteiger partial charge in [-0.2, -0.15) is 0 Å². The first-order chi connectivity index (χ1) is 10.3. The summed E-state index contributed by atoms with van der Waals surface area (Å²) in [4.78, 5) is 8.58. The van der Waals surface area contributed by atoms with Crippen molar-refractivity contribution in [1.29, 1.82) is 0 Å². The molecule has 3 rings (SSSR count). The van der Waals surface area contributed by atoms with Crippen LogP contribution >= 0.6 is 0 Å². The van der Waals surface area contributed by atoms with Crippen molar-refractivity contribution in [1.82, 2.24) is 9.97 Å². The zero-order chi connectivity index (χ0) is 14.5. The van der Waals surface area contributed by atoms with Gasteiger partial charge in [-0.05, 0) is 42.8 Å². The van der Waals surface area contributed by atoms with Crippen molar-refractivity contribution in [2.75, 3.05) is 11.9 Å². The molecular formula is C17H17N3O. The molecule has 3 aromatic rings.